The monoisotopic (exact) mass is 403 g/mol. The third kappa shape index (κ3) is 3.00. The van der Waals surface area contributed by atoms with Crippen molar-refractivity contribution in [3.63, 3.8) is 0 Å². The minimum atomic E-state index is -1.04. The van der Waals surface area contributed by atoms with Crippen LogP contribution in [0.4, 0.5) is 10.5 Å². The van der Waals surface area contributed by atoms with E-state index >= 15 is 0 Å². The van der Waals surface area contributed by atoms with Crippen LogP contribution in [0, 0.1) is 6.92 Å². The second-order valence-corrected chi connectivity index (χ2v) is 8.28. The van der Waals surface area contributed by atoms with Crippen LogP contribution in [0.5, 0.6) is 0 Å². The molecule has 4 rings (SSSR count). The molecule has 0 radical (unpaired) electrons. The highest BCUT2D eigenvalue weighted by atomic mass is 35.5. The number of halogens is 1. The summed E-state index contributed by atoms with van der Waals surface area (Å²) in [6.45, 7) is 1.54. The molecule has 1 aliphatic heterocycles. The van der Waals surface area contributed by atoms with E-state index in [0.717, 1.165) is 33.7 Å². The van der Waals surface area contributed by atoms with Gasteiger partial charge in [0.1, 0.15) is 12.1 Å². The predicted molar refractivity (Wildman–Crippen MR) is 104 cm³/mol. The lowest BCUT2D eigenvalue weighted by molar-refractivity contribution is -0.134. The average molecular weight is 404 g/mol. The Morgan fingerprint density at radius 3 is 2.96 bits per heavy atom. The summed E-state index contributed by atoms with van der Waals surface area (Å²) < 4.78 is 0. The van der Waals surface area contributed by atoms with E-state index < -0.39 is 17.5 Å². The third-order valence-electron chi connectivity index (χ3n) is 5.04. The molecule has 2 aromatic rings. The van der Waals surface area contributed by atoms with Crippen molar-refractivity contribution in [2.75, 3.05) is 11.9 Å². The number of hydrogen-bond donors (Lipinski definition) is 2. The van der Waals surface area contributed by atoms with E-state index in [1.807, 2.05) is 24.4 Å². The lowest BCUT2D eigenvalue weighted by atomic mass is 9.80. The number of rotatable bonds is 3. The number of aryl methyl sites for hydroxylation is 2. The van der Waals surface area contributed by atoms with Gasteiger partial charge in [0, 0.05) is 10.4 Å². The summed E-state index contributed by atoms with van der Waals surface area (Å²) in [5.41, 5.74) is 1.25. The van der Waals surface area contributed by atoms with E-state index in [9.17, 15) is 14.4 Å². The molecule has 2 aliphatic rings. The van der Waals surface area contributed by atoms with E-state index in [4.69, 9.17) is 11.6 Å². The number of hydrogen-bond acceptors (Lipinski definition) is 4. The summed E-state index contributed by atoms with van der Waals surface area (Å²) in [6.07, 6.45) is 2.27. The van der Waals surface area contributed by atoms with Crippen LogP contribution >= 0.6 is 22.9 Å². The van der Waals surface area contributed by atoms with Crippen LogP contribution in [0.15, 0.2) is 29.6 Å². The van der Waals surface area contributed by atoms with Gasteiger partial charge in [-0.2, -0.15) is 0 Å². The average Bonchev–Trinajstić information content (AvgIpc) is 3.18. The minimum Gasteiger partial charge on any atom is -0.323 e. The van der Waals surface area contributed by atoms with Crippen LogP contribution in [-0.4, -0.2) is 29.3 Å². The Balaban J connectivity index is 1.53. The Kier molecular flexibility index (Phi) is 4.44. The molecule has 6 nitrogen and oxygen atoms in total. The second kappa shape index (κ2) is 6.65. The van der Waals surface area contributed by atoms with Gasteiger partial charge in [0.15, 0.2) is 0 Å². The lowest BCUT2D eigenvalue weighted by Crippen LogP contribution is -2.46. The van der Waals surface area contributed by atoms with E-state index in [0.29, 0.717) is 17.1 Å². The quantitative estimate of drug-likeness (QED) is 0.770. The molecular formula is C19H18ClN3O3S. The number of nitrogens with one attached hydrogen (secondary N) is 2. The number of urea groups is 1. The fourth-order valence-corrected chi connectivity index (χ4v) is 5.02. The Hall–Kier alpha value is -2.38. The van der Waals surface area contributed by atoms with Crippen LogP contribution in [-0.2, 0) is 21.5 Å². The van der Waals surface area contributed by atoms with E-state index in [1.165, 1.54) is 0 Å². The molecule has 1 atom stereocenters. The zero-order valence-corrected chi connectivity index (χ0v) is 16.2. The van der Waals surface area contributed by atoms with Gasteiger partial charge in [-0.15, -0.1) is 11.3 Å². The Labute approximate surface area is 165 Å². The van der Waals surface area contributed by atoms with E-state index in [2.05, 4.69) is 10.6 Å². The van der Waals surface area contributed by atoms with Crippen LogP contribution in [0.2, 0.25) is 5.02 Å². The Morgan fingerprint density at radius 1 is 1.37 bits per heavy atom. The summed E-state index contributed by atoms with van der Waals surface area (Å²) in [5, 5.41) is 7.85. The molecule has 2 heterocycles. The van der Waals surface area contributed by atoms with Crippen LogP contribution in [0.3, 0.4) is 0 Å². The standard InChI is InChI=1S/C19H18ClN3O3S/c1-11-4-5-14(13(20)9-11)21-16(24)10-23-17(25)19(22-18(23)26)7-2-3-15-12(19)6-8-27-15/h4-6,8-9H,2-3,7,10H2,1H3,(H,21,24)(H,22,26). The number of imide groups is 1. The number of nitrogens with zero attached hydrogens (tertiary/aromatic N) is 1. The summed E-state index contributed by atoms with van der Waals surface area (Å²) in [7, 11) is 0. The summed E-state index contributed by atoms with van der Waals surface area (Å²) in [4.78, 5) is 40.1. The number of carbonyl (C=O) groups excluding carboxylic acids is 3. The van der Waals surface area contributed by atoms with Crippen LogP contribution in [0.1, 0.15) is 28.8 Å². The van der Waals surface area contributed by atoms with Crippen LogP contribution < -0.4 is 10.6 Å². The molecule has 1 aliphatic carbocycles. The van der Waals surface area contributed by atoms with E-state index in [1.54, 1.807) is 23.5 Å². The molecule has 0 bridgehead atoms. The first kappa shape index (κ1) is 18.0. The SMILES string of the molecule is Cc1ccc(NC(=O)CN2C(=O)NC3(CCCc4sccc43)C2=O)c(Cl)c1. The molecule has 1 spiro atoms. The molecule has 27 heavy (non-hydrogen) atoms. The van der Waals surface area contributed by atoms with Gasteiger partial charge < -0.3 is 10.6 Å². The zero-order valence-electron chi connectivity index (χ0n) is 14.7. The number of fused-ring (bicyclic) bond motifs is 2. The second-order valence-electron chi connectivity index (χ2n) is 6.87. The van der Waals surface area contributed by atoms with Crippen molar-refractivity contribution in [1.82, 2.24) is 10.2 Å². The Morgan fingerprint density at radius 2 is 2.19 bits per heavy atom. The summed E-state index contributed by atoms with van der Waals surface area (Å²) >= 11 is 7.73. The van der Waals surface area contributed by atoms with Gasteiger partial charge in [-0.1, -0.05) is 17.7 Å². The van der Waals surface area contributed by atoms with Crippen molar-refractivity contribution in [1.29, 1.82) is 0 Å². The molecule has 8 heteroatoms. The number of anilines is 1. The van der Waals surface area contributed by atoms with E-state index in [-0.39, 0.29) is 12.5 Å². The summed E-state index contributed by atoms with van der Waals surface area (Å²) in [5.74, 6) is -0.834. The molecule has 4 amide bonds. The van der Waals surface area contributed by atoms with Gasteiger partial charge in [0.05, 0.1) is 10.7 Å². The zero-order chi connectivity index (χ0) is 19.2. The molecule has 1 aromatic carbocycles. The topological polar surface area (TPSA) is 78.5 Å². The molecule has 1 fully saturated rings. The van der Waals surface area contributed by atoms with Crippen molar-refractivity contribution in [3.05, 3.63) is 50.7 Å². The third-order valence-corrected chi connectivity index (χ3v) is 6.33. The normalized spacial score (nSPS) is 21.3. The maximum absolute atomic E-state index is 13.1. The minimum absolute atomic E-state index is 0.351. The predicted octanol–water partition coefficient (Wildman–Crippen LogP) is 3.43. The highest BCUT2D eigenvalue weighted by molar-refractivity contribution is 7.10. The lowest BCUT2D eigenvalue weighted by Gasteiger charge is -2.31. The number of carbonyl (C=O) groups is 3. The maximum Gasteiger partial charge on any atom is 0.325 e. The Bertz CT molecular complexity index is 957. The van der Waals surface area contributed by atoms with Gasteiger partial charge >= 0.3 is 6.03 Å². The molecule has 1 aromatic heterocycles. The molecular weight excluding hydrogens is 386 g/mol. The van der Waals surface area contributed by atoms with Crippen molar-refractivity contribution in [2.45, 2.75) is 31.7 Å². The first-order valence-corrected chi connectivity index (χ1v) is 9.93. The molecule has 0 saturated carbocycles. The highest BCUT2D eigenvalue weighted by Gasteiger charge is 2.54. The van der Waals surface area contributed by atoms with Crippen molar-refractivity contribution >= 4 is 46.5 Å². The van der Waals surface area contributed by atoms with Gasteiger partial charge in [-0.05, 0) is 55.3 Å². The van der Waals surface area contributed by atoms with Crippen molar-refractivity contribution < 1.29 is 14.4 Å². The van der Waals surface area contributed by atoms with Crippen molar-refractivity contribution in [3.8, 4) is 0 Å². The van der Waals surface area contributed by atoms with Gasteiger partial charge in [-0.25, -0.2) is 4.79 Å². The number of benzene rings is 1. The maximum atomic E-state index is 13.1. The van der Waals surface area contributed by atoms with Gasteiger partial charge in [0.25, 0.3) is 5.91 Å². The number of thiophene rings is 1. The first-order chi connectivity index (χ1) is 12.9. The molecule has 1 saturated heterocycles. The van der Waals surface area contributed by atoms with Crippen LogP contribution in [0.25, 0.3) is 0 Å². The highest BCUT2D eigenvalue weighted by Crippen LogP contribution is 2.42. The molecule has 2 N–H and O–H groups in total. The molecule has 1 unspecified atom stereocenters. The van der Waals surface area contributed by atoms with Gasteiger partial charge in [0.2, 0.25) is 5.91 Å². The molecule has 140 valence electrons. The number of amides is 4. The fourth-order valence-electron chi connectivity index (χ4n) is 3.74. The summed E-state index contributed by atoms with van der Waals surface area (Å²) in [6, 6.07) is 6.61. The fraction of sp³-hybridized carbons (Fsp3) is 0.316. The van der Waals surface area contributed by atoms with Gasteiger partial charge in [-0.3, -0.25) is 14.5 Å². The first-order valence-electron chi connectivity index (χ1n) is 8.68. The smallest absolute Gasteiger partial charge is 0.323 e. The largest absolute Gasteiger partial charge is 0.325 e. The van der Waals surface area contributed by atoms with Crippen molar-refractivity contribution in [2.24, 2.45) is 0 Å².